The molecule has 0 aromatic carbocycles. The first kappa shape index (κ1) is 18.2. The summed E-state index contributed by atoms with van der Waals surface area (Å²) in [7, 11) is 0. The number of aromatic nitrogens is 1. The Morgan fingerprint density at radius 3 is 2.52 bits per heavy atom. The average Bonchev–Trinajstić information content (AvgIpc) is 2.42. The molecule has 1 heterocycles. The molecule has 0 aliphatic carbocycles. The quantitative estimate of drug-likeness (QED) is 0.653. The highest BCUT2D eigenvalue weighted by atomic mass is 35.5. The third kappa shape index (κ3) is 8.27. The predicted molar refractivity (Wildman–Crippen MR) is 90.1 cm³/mol. The molecule has 0 unspecified atom stereocenters. The summed E-state index contributed by atoms with van der Waals surface area (Å²) in [5.74, 6) is 0.667. The second-order valence-electron chi connectivity index (χ2n) is 6.44. The number of unbranched alkanes of at least 4 members (excludes halogenated alkanes) is 4. The van der Waals surface area contributed by atoms with Gasteiger partial charge in [-0.15, -0.1) is 0 Å². The highest BCUT2D eigenvalue weighted by Crippen LogP contribution is 2.19. The average molecular weight is 313 g/mol. The van der Waals surface area contributed by atoms with Crippen molar-refractivity contribution in [1.29, 1.82) is 0 Å². The second-order valence-corrected chi connectivity index (χ2v) is 6.85. The van der Waals surface area contributed by atoms with E-state index in [-0.39, 0.29) is 5.54 Å². The minimum atomic E-state index is 0.0428. The highest BCUT2D eigenvalue weighted by Gasteiger charge is 2.11. The van der Waals surface area contributed by atoms with Crippen LogP contribution in [0.1, 0.15) is 65.5 Å². The Balaban J connectivity index is 2.41. The van der Waals surface area contributed by atoms with Gasteiger partial charge in [-0.25, -0.2) is 4.98 Å². The van der Waals surface area contributed by atoms with Crippen LogP contribution in [0.5, 0.6) is 5.88 Å². The number of nitrogens with zero attached hydrogens (tertiary/aromatic N) is 1. The second kappa shape index (κ2) is 9.26. The summed E-state index contributed by atoms with van der Waals surface area (Å²) in [6.07, 6.45) is 6.17. The zero-order valence-corrected chi connectivity index (χ0v) is 14.6. The molecule has 0 saturated carbocycles. The normalized spacial score (nSPS) is 11.7. The standard InChI is InChI=1S/C17H29ClN2O/c1-5-6-7-8-9-12-21-16-11-10-14(18)15(20-16)13-19-17(2,3)4/h10-11,19H,5-9,12-13H2,1-4H3. The number of rotatable bonds is 9. The van der Waals surface area contributed by atoms with Crippen LogP contribution >= 0.6 is 11.6 Å². The van der Waals surface area contributed by atoms with E-state index in [1.807, 2.05) is 12.1 Å². The molecule has 1 rings (SSSR count). The summed E-state index contributed by atoms with van der Waals surface area (Å²) >= 11 is 6.19. The fourth-order valence-corrected chi connectivity index (χ4v) is 2.07. The minimum Gasteiger partial charge on any atom is -0.478 e. The van der Waals surface area contributed by atoms with E-state index < -0.39 is 0 Å². The van der Waals surface area contributed by atoms with Crippen LogP contribution in [-0.2, 0) is 6.54 Å². The number of pyridine rings is 1. The minimum absolute atomic E-state index is 0.0428. The lowest BCUT2D eigenvalue weighted by Crippen LogP contribution is -2.35. The molecule has 1 aromatic rings. The lowest BCUT2D eigenvalue weighted by molar-refractivity contribution is 0.292. The van der Waals surface area contributed by atoms with Crippen molar-refractivity contribution in [3.05, 3.63) is 22.8 Å². The van der Waals surface area contributed by atoms with E-state index in [1.165, 1.54) is 25.7 Å². The maximum Gasteiger partial charge on any atom is 0.213 e. The van der Waals surface area contributed by atoms with Gasteiger partial charge < -0.3 is 10.1 Å². The third-order valence-corrected chi connectivity index (χ3v) is 3.52. The molecule has 0 amide bonds. The van der Waals surface area contributed by atoms with Gasteiger partial charge >= 0.3 is 0 Å². The van der Waals surface area contributed by atoms with Crippen LogP contribution in [0, 0.1) is 0 Å². The number of ether oxygens (including phenoxy) is 1. The molecule has 120 valence electrons. The van der Waals surface area contributed by atoms with Gasteiger partial charge in [0.05, 0.1) is 17.3 Å². The van der Waals surface area contributed by atoms with E-state index in [0.29, 0.717) is 17.4 Å². The zero-order chi connectivity index (χ0) is 15.7. The van der Waals surface area contributed by atoms with E-state index in [0.717, 1.165) is 18.7 Å². The van der Waals surface area contributed by atoms with Gasteiger partial charge in [0.25, 0.3) is 0 Å². The van der Waals surface area contributed by atoms with Crippen molar-refractivity contribution in [2.75, 3.05) is 6.61 Å². The molecule has 0 aliphatic rings. The summed E-state index contributed by atoms with van der Waals surface area (Å²) in [6.45, 7) is 9.97. The topological polar surface area (TPSA) is 34.1 Å². The molecule has 1 N–H and O–H groups in total. The van der Waals surface area contributed by atoms with Crippen LogP contribution < -0.4 is 10.1 Å². The molecule has 0 atom stereocenters. The van der Waals surface area contributed by atoms with Crippen molar-refractivity contribution in [2.24, 2.45) is 0 Å². The number of nitrogens with one attached hydrogen (secondary N) is 1. The van der Waals surface area contributed by atoms with E-state index in [9.17, 15) is 0 Å². The lowest BCUT2D eigenvalue weighted by atomic mass is 10.1. The van der Waals surface area contributed by atoms with E-state index in [1.54, 1.807) is 0 Å². The lowest BCUT2D eigenvalue weighted by Gasteiger charge is -2.20. The molecule has 0 fully saturated rings. The van der Waals surface area contributed by atoms with Crippen molar-refractivity contribution in [3.63, 3.8) is 0 Å². The molecule has 0 spiro atoms. The molecule has 3 nitrogen and oxygen atoms in total. The number of halogens is 1. The summed E-state index contributed by atoms with van der Waals surface area (Å²) in [4.78, 5) is 4.49. The molecule has 4 heteroatoms. The molecule has 0 saturated heterocycles. The maximum atomic E-state index is 6.19. The molecule has 0 aliphatic heterocycles. The first-order chi connectivity index (χ1) is 9.92. The Morgan fingerprint density at radius 2 is 1.86 bits per heavy atom. The van der Waals surface area contributed by atoms with Gasteiger partial charge in [-0.05, 0) is 33.3 Å². The van der Waals surface area contributed by atoms with Crippen LogP contribution in [0.25, 0.3) is 0 Å². The molecule has 0 bridgehead atoms. The van der Waals surface area contributed by atoms with Gasteiger partial charge in [0, 0.05) is 18.2 Å². The van der Waals surface area contributed by atoms with E-state index >= 15 is 0 Å². The van der Waals surface area contributed by atoms with Gasteiger partial charge in [-0.2, -0.15) is 0 Å². The smallest absolute Gasteiger partial charge is 0.213 e. The first-order valence-electron chi connectivity index (χ1n) is 7.95. The molecular weight excluding hydrogens is 284 g/mol. The van der Waals surface area contributed by atoms with Gasteiger partial charge in [-0.3, -0.25) is 0 Å². The van der Waals surface area contributed by atoms with Crippen molar-refractivity contribution in [1.82, 2.24) is 10.3 Å². The summed E-state index contributed by atoms with van der Waals surface area (Å²) in [5.41, 5.74) is 0.885. The molecular formula is C17H29ClN2O. The van der Waals surface area contributed by atoms with Gasteiger partial charge in [0.2, 0.25) is 5.88 Å². The van der Waals surface area contributed by atoms with Crippen LogP contribution in [0.3, 0.4) is 0 Å². The van der Waals surface area contributed by atoms with Crippen LogP contribution in [0.2, 0.25) is 5.02 Å². The predicted octanol–water partition coefficient (Wildman–Crippen LogP) is 4.97. The fraction of sp³-hybridized carbons (Fsp3) is 0.706. The van der Waals surface area contributed by atoms with Gasteiger partial charge in [-0.1, -0.05) is 44.2 Å². The van der Waals surface area contributed by atoms with E-state index in [2.05, 4.69) is 38.0 Å². The Hall–Kier alpha value is -0.800. The summed E-state index contributed by atoms with van der Waals surface area (Å²) in [5, 5.41) is 4.08. The zero-order valence-electron chi connectivity index (χ0n) is 13.8. The number of hydrogen-bond acceptors (Lipinski definition) is 3. The van der Waals surface area contributed by atoms with Crippen LogP contribution in [0.4, 0.5) is 0 Å². The largest absolute Gasteiger partial charge is 0.478 e. The highest BCUT2D eigenvalue weighted by molar-refractivity contribution is 6.31. The monoisotopic (exact) mass is 312 g/mol. The van der Waals surface area contributed by atoms with Crippen molar-refractivity contribution in [2.45, 2.75) is 71.9 Å². The van der Waals surface area contributed by atoms with Crippen molar-refractivity contribution in [3.8, 4) is 5.88 Å². The SMILES string of the molecule is CCCCCCCOc1ccc(Cl)c(CNC(C)(C)C)n1. The van der Waals surface area contributed by atoms with Crippen molar-refractivity contribution >= 4 is 11.6 Å². The Bertz CT molecular complexity index is 416. The molecule has 21 heavy (non-hydrogen) atoms. The third-order valence-electron chi connectivity index (χ3n) is 3.18. The molecule has 0 radical (unpaired) electrons. The van der Waals surface area contributed by atoms with Crippen molar-refractivity contribution < 1.29 is 4.74 Å². The summed E-state index contributed by atoms with van der Waals surface area (Å²) in [6, 6.07) is 3.70. The van der Waals surface area contributed by atoms with Crippen LogP contribution in [-0.4, -0.2) is 17.1 Å². The fourth-order valence-electron chi connectivity index (χ4n) is 1.90. The Kier molecular flexibility index (Phi) is 8.05. The van der Waals surface area contributed by atoms with Crippen LogP contribution in [0.15, 0.2) is 12.1 Å². The maximum absolute atomic E-state index is 6.19. The molecule has 1 aromatic heterocycles. The Labute approximate surface area is 134 Å². The first-order valence-corrected chi connectivity index (χ1v) is 8.33. The number of hydrogen-bond donors (Lipinski definition) is 1. The van der Waals surface area contributed by atoms with Gasteiger partial charge in [0.15, 0.2) is 0 Å². The Morgan fingerprint density at radius 1 is 1.14 bits per heavy atom. The van der Waals surface area contributed by atoms with E-state index in [4.69, 9.17) is 16.3 Å². The van der Waals surface area contributed by atoms with Gasteiger partial charge in [0.1, 0.15) is 0 Å². The summed E-state index contributed by atoms with van der Waals surface area (Å²) < 4.78 is 5.72.